The van der Waals surface area contributed by atoms with Crippen LogP contribution in [0.5, 0.6) is 0 Å². The van der Waals surface area contributed by atoms with Crippen molar-refractivity contribution in [3.05, 3.63) is 28.8 Å². The normalized spacial score (nSPS) is 12.4. The molecule has 0 aliphatic heterocycles. The summed E-state index contributed by atoms with van der Waals surface area (Å²) >= 11 is 5.92. The molecule has 0 saturated heterocycles. The first-order valence-electron chi connectivity index (χ1n) is 5.46. The van der Waals surface area contributed by atoms with Crippen LogP contribution >= 0.6 is 11.6 Å². The Bertz CT molecular complexity index is 537. The van der Waals surface area contributed by atoms with Crippen molar-refractivity contribution in [2.45, 2.75) is 17.9 Å². The Morgan fingerprint density at radius 1 is 1.42 bits per heavy atom. The van der Waals surface area contributed by atoms with E-state index in [2.05, 4.69) is 5.32 Å². The second-order valence-electron chi connectivity index (χ2n) is 3.96. The summed E-state index contributed by atoms with van der Waals surface area (Å²) in [4.78, 5) is -0.0506. The Labute approximate surface area is 116 Å². The molecule has 0 unspecified atom stereocenters. The maximum atomic E-state index is 12.3. The molecule has 0 aromatic heterocycles. The number of rotatable bonds is 6. The van der Waals surface area contributed by atoms with Crippen molar-refractivity contribution in [1.82, 2.24) is 9.62 Å². The molecule has 4 nitrogen and oxygen atoms in total. The number of nitrogens with one attached hydrogen (secondary N) is 1. The van der Waals surface area contributed by atoms with Crippen molar-refractivity contribution < 1.29 is 17.2 Å². The average Bonchev–Trinajstić information content (AvgIpc) is 2.31. The molecule has 8 heteroatoms. The van der Waals surface area contributed by atoms with Gasteiger partial charge in [0.2, 0.25) is 10.0 Å². The predicted molar refractivity (Wildman–Crippen MR) is 70.0 cm³/mol. The first-order chi connectivity index (χ1) is 8.78. The van der Waals surface area contributed by atoms with Crippen LogP contribution in [0.1, 0.15) is 5.56 Å². The second kappa shape index (κ2) is 6.60. The zero-order valence-electron chi connectivity index (χ0n) is 10.5. The van der Waals surface area contributed by atoms with Gasteiger partial charge in [-0.3, -0.25) is 0 Å². The van der Waals surface area contributed by atoms with Gasteiger partial charge in [-0.05, 0) is 30.8 Å². The molecule has 1 rings (SSSR count). The van der Waals surface area contributed by atoms with Gasteiger partial charge in [-0.15, -0.1) is 0 Å². The van der Waals surface area contributed by atoms with E-state index < -0.39 is 23.0 Å². The van der Waals surface area contributed by atoms with Gasteiger partial charge in [-0.2, -0.15) is 4.31 Å². The van der Waals surface area contributed by atoms with Crippen molar-refractivity contribution in [3.63, 3.8) is 0 Å². The minimum atomic E-state index is -3.92. The molecule has 0 fully saturated rings. The highest BCUT2D eigenvalue weighted by Gasteiger charge is 2.24. The molecule has 1 aromatic rings. The number of alkyl halides is 2. The van der Waals surface area contributed by atoms with Gasteiger partial charge < -0.3 is 5.32 Å². The smallest absolute Gasteiger partial charge is 0.252 e. The fraction of sp³-hybridized carbons (Fsp3) is 0.455. The number of benzene rings is 1. The van der Waals surface area contributed by atoms with Crippen LogP contribution in [0.25, 0.3) is 0 Å². The van der Waals surface area contributed by atoms with Gasteiger partial charge in [0, 0.05) is 18.6 Å². The van der Waals surface area contributed by atoms with Crippen LogP contribution in [0.2, 0.25) is 5.02 Å². The van der Waals surface area contributed by atoms with Crippen LogP contribution in [-0.4, -0.2) is 39.8 Å². The second-order valence-corrected chi connectivity index (χ2v) is 6.41. The van der Waals surface area contributed by atoms with Crippen molar-refractivity contribution in [2.75, 3.05) is 20.6 Å². The number of hydrogen-bond donors (Lipinski definition) is 1. The highest BCUT2D eigenvalue weighted by atomic mass is 35.5. The van der Waals surface area contributed by atoms with Gasteiger partial charge >= 0.3 is 0 Å². The lowest BCUT2D eigenvalue weighted by molar-refractivity contribution is 0.126. The van der Waals surface area contributed by atoms with E-state index >= 15 is 0 Å². The van der Waals surface area contributed by atoms with Gasteiger partial charge in [0.05, 0.1) is 11.4 Å². The van der Waals surface area contributed by atoms with Crippen LogP contribution < -0.4 is 5.32 Å². The Balaban J connectivity index is 3.11. The number of halogens is 3. The van der Waals surface area contributed by atoms with Gasteiger partial charge in [0.25, 0.3) is 6.43 Å². The molecule has 108 valence electrons. The summed E-state index contributed by atoms with van der Waals surface area (Å²) in [6, 6.07) is 4.13. The van der Waals surface area contributed by atoms with E-state index in [4.69, 9.17) is 11.6 Å². The SMILES string of the molecule is CNCc1cc(S(=O)(=O)N(C)CC(F)F)ccc1Cl. The molecule has 1 aromatic carbocycles. The van der Waals surface area contributed by atoms with Crippen LogP contribution in [0.15, 0.2) is 23.1 Å². The number of nitrogens with zero attached hydrogens (tertiary/aromatic N) is 1. The van der Waals surface area contributed by atoms with Gasteiger partial charge in [0.15, 0.2) is 0 Å². The maximum absolute atomic E-state index is 12.3. The monoisotopic (exact) mass is 312 g/mol. The van der Waals surface area contributed by atoms with E-state index in [0.29, 0.717) is 21.4 Å². The minimum Gasteiger partial charge on any atom is -0.316 e. The molecule has 19 heavy (non-hydrogen) atoms. The molecule has 0 spiro atoms. The molecule has 0 radical (unpaired) electrons. The molecule has 0 atom stereocenters. The molecular weight excluding hydrogens is 298 g/mol. The van der Waals surface area contributed by atoms with E-state index in [0.717, 1.165) is 7.05 Å². The first-order valence-corrected chi connectivity index (χ1v) is 7.28. The summed E-state index contributed by atoms with van der Waals surface area (Å²) in [6.07, 6.45) is -2.72. The van der Waals surface area contributed by atoms with Crippen molar-refractivity contribution in [2.24, 2.45) is 0 Å². The molecule has 0 heterocycles. The molecule has 0 aliphatic carbocycles. The van der Waals surface area contributed by atoms with Gasteiger partial charge in [-0.25, -0.2) is 17.2 Å². The maximum Gasteiger partial charge on any atom is 0.252 e. The predicted octanol–water partition coefficient (Wildman–Crippen LogP) is 1.94. The number of hydrogen-bond acceptors (Lipinski definition) is 3. The van der Waals surface area contributed by atoms with Crippen LogP contribution in [0, 0.1) is 0 Å². The lowest BCUT2D eigenvalue weighted by Crippen LogP contribution is -2.31. The van der Waals surface area contributed by atoms with E-state index in [1.54, 1.807) is 7.05 Å². The fourth-order valence-electron chi connectivity index (χ4n) is 1.51. The van der Waals surface area contributed by atoms with E-state index in [9.17, 15) is 17.2 Å². The number of sulfonamides is 1. The van der Waals surface area contributed by atoms with E-state index in [1.807, 2.05) is 0 Å². The highest BCUT2D eigenvalue weighted by Crippen LogP contribution is 2.22. The van der Waals surface area contributed by atoms with E-state index in [1.165, 1.54) is 18.2 Å². The van der Waals surface area contributed by atoms with E-state index in [-0.39, 0.29) is 4.90 Å². The van der Waals surface area contributed by atoms with Crippen molar-refractivity contribution >= 4 is 21.6 Å². The molecule has 0 amide bonds. The molecule has 1 N–H and O–H groups in total. The lowest BCUT2D eigenvalue weighted by atomic mass is 10.2. The zero-order valence-corrected chi connectivity index (χ0v) is 12.1. The summed E-state index contributed by atoms with van der Waals surface area (Å²) in [5.74, 6) is 0. The molecule has 0 aliphatic rings. The summed E-state index contributed by atoms with van der Waals surface area (Å²) < 4.78 is 49.3. The van der Waals surface area contributed by atoms with Crippen LogP contribution in [-0.2, 0) is 16.6 Å². The standard InChI is InChI=1S/C11H15ClF2N2O2S/c1-15-6-8-5-9(3-4-10(8)12)19(17,18)16(2)7-11(13)14/h3-5,11,15H,6-7H2,1-2H3. The third kappa shape index (κ3) is 4.10. The van der Waals surface area contributed by atoms with Crippen molar-refractivity contribution in [1.29, 1.82) is 0 Å². The third-order valence-corrected chi connectivity index (χ3v) is 4.68. The summed E-state index contributed by atoms with van der Waals surface area (Å²) in [5, 5.41) is 3.27. The Morgan fingerprint density at radius 2 is 2.05 bits per heavy atom. The van der Waals surface area contributed by atoms with Crippen LogP contribution in [0.3, 0.4) is 0 Å². The Hall–Kier alpha value is -0.760. The summed E-state index contributed by atoms with van der Waals surface area (Å²) in [7, 11) is -1.11. The van der Waals surface area contributed by atoms with Crippen molar-refractivity contribution in [3.8, 4) is 0 Å². The average molecular weight is 313 g/mol. The fourth-order valence-corrected chi connectivity index (χ4v) is 2.89. The molecule has 0 bridgehead atoms. The third-order valence-electron chi connectivity index (χ3n) is 2.49. The highest BCUT2D eigenvalue weighted by molar-refractivity contribution is 7.89. The van der Waals surface area contributed by atoms with Crippen LogP contribution in [0.4, 0.5) is 8.78 Å². The summed E-state index contributed by atoms with van der Waals surface area (Å²) in [6.45, 7) is -0.451. The largest absolute Gasteiger partial charge is 0.316 e. The molecule has 0 saturated carbocycles. The Morgan fingerprint density at radius 3 is 2.58 bits per heavy atom. The first kappa shape index (κ1) is 16.3. The Kier molecular flexibility index (Phi) is 5.66. The zero-order chi connectivity index (χ0) is 14.6. The summed E-state index contributed by atoms with van der Waals surface area (Å²) in [5.41, 5.74) is 0.593. The topological polar surface area (TPSA) is 49.4 Å². The molecular formula is C11H15ClF2N2O2S. The van der Waals surface area contributed by atoms with Gasteiger partial charge in [-0.1, -0.05) is 11.6 Å². The van der Waals surface area contributed by atoms with Gasteiger partial charge in [0.1, 0.15) is 0 Å². The quantitative estimate of drug-likeness (QED) is 0.873. The lowest BCUT2D eigenvalue weighted by Gasteiger charge is -2.17. The minimum absolute atomic E-state index is 0.0506.